The number of carbonyl (C=O) groups is 1. The summed E-state index contributed by atoms with van der Waals surface area (Å²) in [5.74, 6) is 1.66. The third-order valence-electron chi connectivity index (χ3n) is 4.32. The smallest absolute Gasteiger partial charge is 0.155 e. The zero-order valence-electron chi connectivity index (χ0n) is 13.5. The summed E-state index contributed by atoms with van der Waals surface area (Å²) in [6.45, 7) is 8.48. The number of aliphatic hydroxyl groups excluding tert-OH is 1. The summed E-state index contributed by atoms with van der Waals surface area (Å²) in [5, 5.41) is 9.30. The first kappa shape index (κ1) is 17.2. The minimum atomic E-state index is -0.168. The molecule has 0 bridgehead atoms. The molecule has 0 aromatic rings. The van der Waals surface area contributed by atoms with E-state index in [1.807, 2.05) is 13.0 Å². The van der Waals surface area contributed by atoms with Crippen LogP contribution in [0.25, 0.3) is 0 Å². The van der Waals surface area contributed by atoms with Crippen LogP contribution < -0.4 is 0 Å². The van der Waals surface area contributed by atoms with Crippen molar-refractivity contribution < 1.29 is 9.90 Å². The van der Waals surface area contributed by atoms with Crippen molar-refractivity contribution in [2.45, 2.75) is 72.3 Å². The fraction of sp³-hybridized carbons (Fsp3) is 0.722. The Hall–Kier alpha value is -0.890. The van der Waals surface area contributed by atoms with Gasteiger partial charge >= 0.3 is 0 Å². The maximum atomic E-state index is 11.0. The van der Waals surface area contributed by atoms with Crippen molar-refractivity contribution in [3.63, 3.8) is 0 Å². The number of carbonyl (C=O) groups excluding carboxylic acids is 1. The summed E-state index contributed by atoms with van der Waals surface area (Å²) in [4.78, 5) is 11.0. The number of allylic oxidation sites excluding steroid dienone is 3. The van der Waals surface area contributed by atoms with E-state index in [4.69, 9.17) is 0 Å². The van der Waals surface area contributed by atoms with E-state index in [2.05, 4.69) is 20.8 Å². The molecule has 3 atom stereocenters. The van der Waals surface area contributed by atoms with Crippen LogP contribution in [0.4, 0.5) is 0 Å². The standard InChI is InChI=1S/C9H16O.C9H14O/c2*1-3-8-4-7(2)5-9(10)6-8/h5,8-10H,3-4,6H2,1-2H3;5,8H,3-4,6H2,1-2H3. The van der Waals surface area contributed by atoms with Crippen LogP contribution in [0.15, 0.2) is 23.3 Å². The number of aliphatic hydroxyl groups is 1. The van der Waals surface area contributed by atoms with E-state index in [-0.39, 0.29) is 6.10 Å². The molecule has 2 rings (SSSR count). The third kappa shape index (κ3) is 6.04. The largest absolute Gasteiger partial charge is 0.389 e. The first-order chi connectivity index (χ1) is 9.44. The van der Waals surface area contributed by atoms with E-state index in [0.717, 1.165) is 31.6 Å². The molecule has 0 saturated heterocycles. The van der Waals surface area contributed by atoms with Gasteiger partial charge in [0.2, 0.25) is 0 Å². The predicted octanol–water partition coefficient (Wildman–Crippen LogP) is 4.44. The molecule has 0 radical (unpaired) electrons. The zero-order chi connectivity index (χ0) is 15.1. The van der Waals surface area contributed by atoms with Gasteiger partial charge < -0.3 is 5.11 Å². The summed E-state index contributed by atoms with van der Waals surface area (Å²) in [6, 6.07) is 0. The molecule has 1 N–H and O–H groups in total. The summed E-state index contributed by atoms with van der Waals surface area (Å²) < 4.78 is 0. The van der Waals surface area contributed by atoms with Gasteiger partial charge in [-0.25, -0.2) is 0 Å². The minimum Gasteiger partial charge on any atom is -0.389 e. The highest BCUT2D eigenvalue weighted by Crippen LogP contribution is 2.26. The zero-order valence-corrected chi connectivity index (χ0v) is 13.5. The van der Waals surface area contributed by atoms with Crippen LogP contribution in [0.5, 0.6) is 0 Å². The molecule has 0 amide bonds. The van der Waals surface area contributed by atoms with Gasteiger partial charge in [0.1, 0.15) is 0 Å². The fourth-order valence-electron chi connectivity index (χ4n) is 3.15. The summed E-state index contributed by atoms with van der Waals surface area (Å²) >= 11 is 0. The Bertz CT molecular complexity index is 379. The molecular weight excluding hydrogens is 248 g/mol. The second-order valence-electron chi connectivity index (χ2n) is 6.43. The van der Waals surface area contributed by atoms with Crippen LogP contribution in [0.2, 0.25) is 0 Å². The van der Waals surface area contributed by atoms with Crippen LogP contribution in [0.1, 0.15) is 66.2 Å². The van der Waals surface area contributed by atoms with Crippen molar-refractivity contribution in [1.29, 1.82) is 0 Å². The van der Waals surface area contributed by atoms with E-state index in [1.165, 1.54) is 24.0 Å². The number of hydrogen-bond donors (Lipinski definition) is 1. The van der Waals surface area contributed by atoms with Crippen molar-refractivity contribution in [1.82, 2.24) is 0 Å². The Labute approximate surface area is 124 Å². The van der Waals surface area contributed by atoms with E-state index in [1.54, 1.807) is 6.08 Å². The predicted molar refractivity (Wildman–Crippen MR) is 84.6 cm³/mol. The third-order valence-corrected chi connectivity index (χ3v) is 4.32. The van der Waals surface area contributed by atoms with E-state index in [0.29, 0.717) is 11.7 Å². The molecule has 0 saturated carbocycles. The normalized spacial score (nSPS) is 30.1. The first-order valence-electron chi connectivity index (χ1n) is 7.99. The SMILES string of the molecule is CCC1CC(=O)C=C(C)C1.CCC1CC(C)=CC(O)C1. The lowest BCUT2D eigenvalue weighted by Gasteiger charge is -2.22. The van der Waals surface area contributed by atoms with Gasteiger partial charge in [-0.05, 0) is 51.0 Å². The van der Waals surface area contributed by atoms with E-state index >= 15 is 0 Å². The second-order valence-corrected chi connectivity index (χ2v) is 6.43. The van der Waals surface area contributed by atoms with Crippen LogP contribution >= 0.6 is 0 Å². The Morgan fingerprint density at radius 2 is 1.65 bits per heavy atom. The molecule has 20 heavy (non-hydrogen) atoms. The highest BCUT2D eigenvalue weighted by atomic mass is 16.3. The van der Waals surface area contributed by atoms with E-state index in [9.17, 15) is 9.90 Å². The molecular formula is C18H30O2. The molecule has 2 heteroatoms. The second kappa shape index (κ2) is 8.41. The van der Waals surface area contributed by atoms with Crippen molar-refractivity contribution in [2.24, 2.45) is 11.8 Å². The van der Waals surface area contributed by atoms with Gasteiger partial charge in [0.15, 0.2) is 5.78 Å². The lowest BCUT2D eigenvalue weighted by Crippen LogP contribution is -2.16. The summed E-state index contributed by atoms with van der Waals surface area (Å²) in [7, 11) is 0. The molecule has 0 aromatic heterocycles. The Balaban J connectivity index is 0.000000200. The van der Waals surface area contributed by atoms with Crippen molar-refractivity contribution in [3.05, 3.63) is 23.3 Å². The van der Waals surface area contributed by atoms with Gasteiger partial charge in [-0.3, -0.25) is 4.79 Å². The Morgan fingerprint density at radius 3 is 2.15 bits per heavy atom. The van der Waals surface area contributed by atoms with Crippen molar-refractivity contribution in [2.75, 3.05) is 0 Å². The van der Waals surface area contributed by atoms with Gasteiger partial charge in [-0.1, -0.05) is 43.9 Å². The highest BCUT2D eigenvalue weighted by Gasteiger charge is 2.17. The molecule has 0 aromatic carbocycles. The molecule has 114 valence electrons. The quantitative estimate of drug-likeness (QED) is 0.758. The molecule has 2 aliphatic carbocycles. The van der Waals surface area contributed by atoms with Crippen LogP contribution in [0, 0.1) is 11.8 Å². The number of ketones is 1. The van der Waals surface area contributed by atoms with Gasteiger partial charge in [0.05, 0.1) is 6.10 Å². The Kier molecular flexibility index (Phi) is 7.22. The van der Waals surface area contributed by atoms with Crippen LogP contribution in [-0.2, 0) is 4.79 Å². The molecule has 0 spiro atoms. The lowest BCUT2D eigenvalue weighted by molar-refractivity contribution is -0.115. The van der Waals surface area contributed by atoms with Gasteiger partial charge in [-0.15, -0.1) is 0 Å². The molecule has 2 aliphatic rings. The first-order valence-corrected chi connectivity index (χ1v) is 7.99. The fourth-order valence-corrected chi connectivity index (χ4v) is 3.15. The minimum absolute atomic E-state index is 0.168. The van der Waals surface area contributed by atoms with Gasteiger partial charge in [0.25, 0.3) is 0 Å². The van der Waals surface area contributed by atoms with Crippen LogP contribution in [0.3, 0.4) is 0 Å². The molecule has 0 heterocycles. The monoisotopic (exact) mass is 278 g/mol. The Morgan fingerprint density at radius 1 is 1.05 bits per heavy atom. The lowest BCUT2D eigenvalue weighted by atomic mass is 9.86. The summed E-state index contributed by atoms with van der Waals surface area (Å²) in [5.41, 5.74) is 2.61. The summed E-state index contributed by atoms with van der Waals surface area (Å²) in [6.07, 6.45) is 9.98. The van der Waals surface area contributed by atoms with E-state index < -0.39 is 0 Å². The average Bonchev–Trinajstić information content (AvgIpc) is 2.37. The van der Waals surface area contributed by atoms with Gasteiger partial charge in [0, 0.05) is 6.42 Å². The van der Waals surface area contributed by atoms with Gasteiger partial charge in [-0.2, -0.15) is 0 Å². The molecule has 0 fully saturated rings. The molecule has 0 aliphatic heterocycles. The maximum Gasteiger partial charge on any atom is 0.155 e. The van der Waals surface area contributed by atoms with Crippen LogP contribution in [-0.4, -0.2) is 17.0 Å². The van der Waals surface area contributed by atoms with Crippen molar-refractivity contribution >= 4 is 5.78 Å². The van der Waals surface area contributed by atoms with Crippen molar-refractivity contribution in [3.8, 4) is 0 Å². The maximum absolute atomic E-state index is 11.0. The number of rotatable bonds is 2. The highest BCUT2D eigenvalue weighted by molar-refractivity contribution is 5.91. The molecule has 3 unspecified atom stereocenters. The molecule has 2 nitrogen and oxygen atoms in total. The average molecular weight is 278 g/mol. The number of hydrogen-bond acceptors (Lipinski definition) is 2. The topological polar surface area (TPSA) is 37.3 Å².